The molecule has 1 heterocycles. The van der Waals surface area contributed by atoms with E-state index in [1.165, 1.54) is 0 Å². The molecule has 14 heavy (non-hydrogen) atoms. The SMILES string of the molecule is COC1=C[C@@H](O)N(C)c2ccccc21. The van der Waals surface area contributed by atoms with Gasteiger partial charge in [0, 0.05) is 24.4 Å². The predicted octanol–water partition coefficient (Wildman–Crippen LogP) is 1.44. The van der Waals surface area contributed by atoms with Gasteiger partial charge in [-0.25, -0.2) is 0 Å². The molecule has 0 aliphatic carbocycles. The highest BCUT2D eigenvalue weighted by Crippen LogP contribution is 2.32. The van der Waals surface area contributed by atoms with Gasteiger partial charge in [0.05, 0.1) is 7.11 Å². The van der Waals surface area contributed by atoms with E-state index < -0.39 is 6.23 Å². The summed E-state index contributed by atoms with van der Waals surface area (Å²) in [6, 6.07) is 7.84. The van der Waals surface area contributed by atoms with E-state index in [-0.39, 0.29) is 0 Å². The number of para-hydroxylation sites is 1. The maximum Gasteiger partial charge on any atom is 0.149 e. The van der Waals surface area contributed by atoms with Gasteiger partial charge in [-0.3, -0.25) is 0 Å². The molecule has 0 unspecified atom stereocenters. The largest absolute Gasteiger partial charge is 0.496 e. The average molecular weight is 191 g/mol. The van der Waals surface area contributed by atoms with Crippen molar-refractivity contribution in [2.24, 2.45) is 0 Å². The fourth-order valence-electron chi connectivity index (χ4n) is 1.65. The molecule has 1 aromatic rings. The number of nitrogens with zero attached hydrogens (tertiary/aromatic N) is 1. The zero-order valence-corrected chi connectivity index (χ0v) is 8.27. The highest BCUT2D eigenvalue weighted by molar-refractivity contribution is 5.76. The number of aliphatic hydroxyl groups is 1. The van der Waals surface area contributed by atoms with Crippen LogP contribution in [0.4, 0.5) is 5.69 Å². The van der Waals surface area contributed by atoms with Crippen molar-refractivity contribution in [1.29, 1.82) is 0 Å². The fraction of sp³-hybridized carbons (Fsp3) is 0.273. The molecule has 3 heteroatoms. The van der Waals surface area contributed by atoms with Crippen molar-refractivity contribution in [3.05, 3.63) is 35.9 Å². The second-order valence-corrected chi connectivity index (χ2v) is 3.28. The van der Waals surface area contributed by atoms with Crippen LogP contribution in [0, 0.1) is 0 Å². The first-order chi connectivity index (χ1) is 6.74. The fourth-order valence-corrected chi connectivity index (χ4v) is 1.65. The molecular formula is C11H13NO2. The van der Waals surface area contributed by atoms with Crippen molar-refractivity contribution in [3.8, 4) is 0 Å². The third-order valence-electron chi connectivity index (χ3n) is 2.47. The average Bonchev–Trinajstić information content (AvgIpc) is 2.23. The Balaban J connectivity index is 2.55. The molecule has 1 aliphatic rings. The summed E-state index contributed by atoms with van der Waals surface area (Å²) in [5, 5.41) is 9.70. The zero-order chi connectivity index (χ0) is 10.1. The molecule has 0 saturated carbocycles. The van der Waals surface area contributed by atoms with Crippen LogP contribution in [0.5, 0.6) is 0 Å². The predicted molar refractivity (Wildman–Crippen MR) is 55.8 cm³/mol. The topological polar surface area (TPSA) is 32.7 Å². The molecule has 0 spiro atoms. The smallest absolute Gasteiger partial charge is 0.149 e. The lowest BCUT2D eigenvalue weighted by Crippen LogP contribution is -2.33. The molecule has 0 radical (unpaired) electrons. The van der Waals surface area contributed by atoms with Gasteiger partial charge in [-0.05, 0) is 12.1 Å². The molecule has 0 saturated heterocycles. The summed E-state index contributed by atoms with van der Waals surface area (Å²) in [6.45, 7) is 0. The minimum Gasteiger partial charge on any atom is -0.496 e. The van der Waals surface area contributed by atoms with E-state index in [0.717, 1.165) is 17.0 Å². The Morgan fingerprint density at radius 1 is 1.36 bits per heavy atom. The molecule has 1 atom stereocenters. The van der Waals surface area contributed by atoms with Crippen LogP contribution in [0.25, 0.3) is 5.76 Å². The first kappa shape index (κ1) is 9.09. The number of benzene rings is 1. The first-order valence-electron chi connectivity index (χ1n) is 4.50. The van der Waals surface area contributed by atoms with E-state index in [1.54, 1.807) is 18.1 Å². The molecule has 0 fully saturated rings. The Morgan fingerprint density at radius 2 is 2.07 bits per heavy atom. The molecule has 0 bridgehead atoms. The number of ether oxygens (including phenoxy) is 1. The summed E-state index contributed by atoms with van der Waals surface area (Å²) in [4.78, 5) is 1.80. The van der Waals surface area contributed by atoms with Crippen LogP contribution in [-0.2, 0) is 4.74 Å². The summed E-state index contributed by atoms with van der Waals surface area (Å²) in [7, 11) is 3.47. The monoisotopic (exact) mass is 191 g/mol. The number of rotatable bonds is 1. The molecule has 1 aromatic carbocycles. The van der Waals surface area contributed by atoms with Gasteiger partial charge in [-0.15, -0.1) is 0 Å². The van der Waals surface area contributed by atoms with Crippen molar-refractivity contribution >= 4 is 11.4 Å². The normalized spacial score (nSPS) is 20.1. The van der Waals surface area contributed by atoms with E-state index in [0.29, 0.717) is 0 Å². The van der Waals surface area contributed by atoms with Crippen LogP contribution in [0.1, 0.15) is 5.56 Å². The number of methoxy groups -OCH3 is 1. The number of aliphatic hydroxyl groups excluding tert-OH is 1. The summed E-state index contributed by atoms with van der Waals surface area (Å²) in [5.41, 5.74) is 2.00. The Morgan fingerprint density at radius 3 is 2.79 bits per heavy atom. The highest BCUT2D eigenvalue weighted by Gasteiger charge is 2.21. The molecule has 0 aromatic heterocycles. The molecule has 0 amide bonds. The van der Waals surface area contributed by atoms with Crippen molar-refractivity contribution in [1.82, 2.24) is 0 Å². The van der Waals surface area contributed by atoms with E-state index in [9.17, 15) is 5.11 Å². The lowest BCUT2D eigenvalue weighted by molar-refractivity contribution is 0.217. The zero-order valence-electron chi connectivity index (χ0n) is 8.27. The van der Waals surface area contributed by atoms with Crippen molar-refractivity contribution in [2.75, 3.05) is 19.1 Å². The third kappa shape index (κ3) is 1.26. The third-order valence-corrected chi connectivity index (χ3v) is 2.47. The Bertz CT molecular complexity index is 373. The second-order valence-electron chi connectivity index (χ2n) is 3.28. The summed E-state index contributed by atoms with van der Waals surface area (Å²) >= 11 is 0. The second kappa shape index (κ2) is 3.35. The lowest BCUT2D eigenvalue weighted by Gasteiger charge is -2.30. The highest BCUT2D eigenvalue weighted by atomic mass is 16.5. The van der Waals surface area contributed by atoms with Crippen LogP contribution < -0.4 is 4.90 Å². The van der Waals surface area contributed by atoms with Gasteiger partial charge in [0.2, 0.25) is 0 Å². The number of likely N-dealkylation sites (N-methyl/N-ethyl adjacent to an activating group) is 1. The van der Waals surface area contributed by atoms with Gasteiger partial charge >= 0.3 is 0 Å². The number of hydrogen-bond acceptors (Lipinski definition) is 3. The summed E-state index contributed by atoms with van der Waals surface area (Å²) in [5.74, 6) is 0.728. The molecule has 1 aliphatic heterocycles. The van der Waals surface area contributed by atoms with Crippen LogP contribution in [0.3, 0.4) is 0 Å². The molecule has 74 valence electrons. The summed E-state index contributed by atoms with van der Waals surface area (Å²) < 4.78 is 5.21. The van der Waals surface area contributed by atoms with Crippen molar-refractivity contribution in [3.63, 3.8) is 0 Å². The first-order valence-corrected chi connectivity index (χ1v) is 4.50. The van der Waals surface area contributed by atoms with Gasteiger partial charge in [-0.2, -0.15) is 0 Å². The van der Waals surface area contributed by atoms with Crippen LogP contribution in [-0.4, -0.2) is 25.5 Å². The molecule has 2 rings (SSSR count). The van der Waals surface area contributed by atoms with Gasteiger partial charge in [0.1, 0.15) is 12.0 Å². The quantitative estimate of drug-likeness (QED) is 0.729. The number of fused-ring (bicyclic) bond motifs is 1. The molecule has 3 nitrogen and oxygen atoms in total. The van der Waals surface area contributed by atoms with Crippen molar-refractivity contribution in [2.45, 2.75) is 6.23 Å². The number of anilines is 1. The molecular weight excluding hydrogens is 178 g/mol. The van der Waals surface area contributed by atoms with E-state index in [4.69, 9.17) is 4.74 Å². The van der Waals surface area contributed by atoms with Gasteiger partial charge in [-0.1, -0.05) is 12.1 Å². The minimum absolute atomic E-state index is 0.611. The Labute approximate surface area is 83.2 Å². The van der Waals surface area contributed by atoms with E-state index in [2.05, 4.69) is 0 Å². The van der Waals surface area contributed by atoms with Gasteiger partial charge in [0.15, 0.2) is 0 Å². The van der Waals surface area contributed by atoms with Crippen LogP contribution in [0.15, 0.2) is 30.3 Å². The Kier molecular flexibility index (Phi) is 2.17. The summed E-state index contributed by atoms with van der Waals surface area (Å²) in [6.07, 6.45) is 1.09. The minimum atomic E-state index is -0.611. The van der Waals surface area contributed by atoms with E-state index in [1.807, 2.05) is 31.3 Å². The van der Waals surface area contributed by atoms with Gasteiger partial charge < -0.3 is 14.7 Å². The van der Waals surface area contributed by atoms with Crippen molar-refractivity contribution < 1.29 is 9.84 Å². The standard InChI is InChI=1S/C11H13NO2/c1-12-9-6-4-3-5-8(9)10(14-2)7-11(12)13/h3-7,11,13H,1-2H3/t11-/m1/s1. The Hall–Kier alpha value is -1.48. The lowest BCUT2D eigenvalue weighted by atomic mass is 10.1. The van der Waals surface area contributed by atoms with Crippen LogP contribution in [0.2, 0.25) is 0 Å². The maximum atomic E-state index is 9.70. The van der Waals surface area contributed by atoms with Gasteiger partial charge in [0.25, 0.3) is 0 Å². The van der Waals surface area contributed by atoms with E-state index >= 15 is 0 Å². The van der Waals surface area contributed by atoms with Crippen LogP contribution >= 0.6 is 0 Å². The number of hydrogen-bond donors (Lipinski definition) is 1. The molecule has 1 N–H and O–H groups in total. The maximum absolute atomic E-state index is 9.70.